The van der Waals surface area contributed by atoms with Crippen LogP contribution in [0, 0.1) is 6.92 Å². The number of nitrogens with zero attached hydrogens (tertiary/aromatic N) is 1. The van der Waals surface area contributed by atoms with Gasteiger partial charge < -0.3 is 9.88 Å². The molecule has 2 rings (SSSR count). The van der Waals surface area contributed by atoms with E-state index in [0.717, 1.165) is 11.1 Å². The first-order chi connectivity index (χ1) is 9.56. The maximum atomic E-state index is 11.9. The highest BCUT2D eigenvalue weighted by Gasteiger charge is 2.07. The predicted octanol–water partition coefficient (Wildman–Crippen LogP) is 2.24. The molecule has 20 heavy (non-hydrogen) atoms. The maximum Gasteiger partial charge on any atom is 0.265 e. The number of halogens is 1. The molecule has 0 saturated heterocycles. The molecule has 2 aromatic rings. The minimum absolute atomic E-state index is 0.0198. The fourth-order valence-corrected chi connectivity index (χ4v) is 2.45. The van der Waals surface area contributed by atoms with E-state index < -0.39 is 0 Å². The minimum Gasteiger partial charge on any atom is -0.350 e. The van der Waals surface area contributed by atoms with Crippen LogP contribution in [0.4, 0.5) is 0 Å². The second-order valence-corrected chi connectivity index (χ2v) is 5.42. The fraction of sp³-hybridized carbons (Fsp3) is 0.200. The zero-order valence-electron chi connectivity index (χ0n) is 11.1. The zero-order valence-corrected chi connectivity index (χ0v) is 12.7. The van der Waals surface area contributed by atoms with Crippen molar-refractivity contribution in [2.75, 3.05) is 0 Å². The van der Waals surface area contributed by atoms with Gasteiger partial charge in [-0.05, 0) is 40.0 Å². The molecular weight excluding hydrogens is 320 g/mol. The molecule has 1 aromatic heterocycles. The van der Waals surface area contributed by atoms with Gasteiger partial charge >= 0.3 is 0 Å². The van der Waals surface area contributed by atoms with Gasteiger partial charge in [0.2, 0.25) is 5.91 Å². The number of hydrogen-bond donors (Lipinski definition) is 1. The van der Waals surface area contributed by atoms with Gasteiger partial charge in [-0.1, -0.05) is 30.3 Å². The molecular formula is C15H15BrN2O2. The van der Waals surface area contributed by atoms with Crippen molar-refractivity contribution in [1.29, 1.82) is 0 Å². The van der Waals surface area contributed by atoms with Crippen LogP contribution in [0.25, 0.3) is 0 Å². The Hall–Kier alpha value is -1.88. The summed E-state index contributed by atoms with van der Waals surface area (Å²) in [6, 6.07) is 11.4. The van der Waals surface area contributed by atoms with Crippen LogP contribution in [0.2, 0.25) is 0 Å². The molecule has 104 valence electrons. The van der Waals surface area contributed by atoms with E-state index in [1.165, 1.54) is 4.57 Å². The largest absolute Gasteiger partial charge is 0.350 e. The van der Waals surface area contributed by atoms with Crippen LogP contribution < -0.4 is 10.9 Å². The number of aryl methyl sites for hydroxylation is 1. The SMILES string of the molecule is Cc1cc(Br)c(=O)n(CC(=O)NCc2ccccc2)c1. The summed E-state index contributed by atoms with van der Waals surface area (Å²) in [7, 11) is 0. The highest BCUT2D eigenvalue weighted by atomic mass is 79.9. The van der Waals surface area contributed by atoms with Crippen molar-refractivity contribution in [3.05, 3.63) is 68.5 Å². The number of carbonyl (C=O) groups excluding carboxylic acids is 1. The van der Waals surface area contributed by atoms with Crippen LogP contribution >= 0.6 is 15.9 Å². The van der Waals surface area contributed by atoms with Crippen LogP contribution in [0.3, 0.4) is 0 Å². The number of nitrogens with one attached hydrogen (secondary N) is 1. The molecule has 0 radical (unpaired) electrons. The first kappa shape index (κ1) is 14.5. The van der Waals surface area contributed by atoms with E-state index in [1.54, 1.807) is 12.3 Å². The van der Waals surface area contributed by atoms with Gasteiger partial charge in [0.05, 0.1) is 4.47 Å². The van der Waals surface area contributed by atoms with Gasteiger partial charge in [-0.25, -0.2) is 0 Å². The summed E-state index contributed by atoms with van der Waals surface area (Å²) in [5, 5.41) is 2.80. The van der Waals surface area contributed by atoms with Gasteiger partial charge in [0.15, 0.2) is 0 Å². The molecule has 0 fully saturated rings. The van der Waals surface area contributed by atoms with Crippen molar-refractivity contribution in [3.63, 3.8) is 0 Å². The van der Waals surface area contributed by atoms with Crippen LogP contribution in [0.5, 0.6) is 0 Å². The van der Waals surface area contributed by atoms with Crippen LogP contribution in [0.15, 0.2) is 51.9 Å². The highest BCUT2D eigenvalue weighted by Crippen LogP contribution is 2.05. The summed E-state index contributed by atoms with van der Waals surface area (Å²) in [5.41, 5.74) is 1.75. The van der Waals surface area contributed by atoms with Gasteiger partial charge in [-0.3, -0.25) is 9.59 Å². The molecule has 0 saturated carbocycles. The van der Waals surface area contributed by atoms with E-state index in [2.05, 4.69) is 21.2 Å². The van der Waals surface area contributed by atoms with E-state index in [4.69, 9.17) is 0 Å². The third-order valence-corrected chi connectivity index (χ3v) is 3.39. The van der Waals surface area contributed by atoms with Gasteiger partial charge in [0.1, 0.15) is 6.54 Å². The van der Waals surface area contributed by atoms with Crippen LogP contribution in [-0.2, 0) is 17.9 Å². The second-order valence-electron chi connectivity index (χ2n) is 4.56. The third kappa shape index (κ3) is 3.81. The Kier molecular flexibility index (Phi) is 4.74. The lowest BCUT2D eigenvalue weighted by Crippen LogP contribution is -2.32. The van der Waals surface area contributed by atoms with Crippen LogP contribution in [0.1, 0.15) is 11.1 Å². The molecule has 0 aliphatic carbocycles. The fourth-order valence-electron chi connectivity index (χ4n) is 1.87. The molecule has 1 heterocycles. The molecule has 1 N–H and O–H groups in total. The summed E-state index contributed by atoms with van der Waals surface area (Å²) in [6.07, 6.45) is 1.68. The average molecular weight is 335 g/mol. The molecule has 1 aromatic carbocycles. The molecule has 4 nitrogen and oxygen atoms in total. The standard InChI is InChI=1S/C15H15BrN2O2/c1-11-7-13(16)15(20)18(9-11)10-14(19)17-8-12-5-3-2-4-6-12/h2-7,9H,8,10H2,1H3,(H,17,19). The van der Waals surface area contributed by atoms with E-state index in [9.17, 15) is 9.59 Å². The summed E-state index contributed by atoms with van der Waals surface area (Å²) in [4.78, 5) is 23.7. The van der Waals surface area contributed by atoms with Crippen molar-refractivity contribution in [3.8, 4) is 0 Å². The van der Waals surface area contributed by atoms with Crippen molar-refractivity contribution in [1.82, 2.24) is 9.88 Å². The molecule has 5 heteroatoms. The zero-order chi connectivity index (χ0) is 14.5. The van der Waals surface area contributed by atoms with Crippen molar-refractivity contribution >= 4 is 21.8 Å². The summed E-state index contributed by atoms with van der Waals surface area (Å²) < 4.78 is 1.87. The Morgan fingerprint density at radius 1 is 1.30 bits per heavy atom. The topological polar surface area (TPSA) is 51.1 Å². The molecule has 0 unspecified atom stereocenters. The highest BCUT2D eigenvalue weighted by molar-refractivity contribution is 9.10. The Bertz CT molecular complexity index is 665. The minimum atomic E-state index is -0.203. The Labute approximate surface area is 125 Å². The normalized spacial score (nSPS) is 10.3. The van der Waals surface area contributed by atoms with Crippen molar-refractivity contribution < 1.29 is 4.79 Å². The summed E-state index contributed by atoms with van der Waals surface area (Å²) in [6.45, 7) is 2.36. The van der Waals surface area contributed by atoms with E-state index >= 15 is 0 Å². The molecule has 0 atom stereocenters. The molecule has 1 amide bonds. The quantitative estimate of drug-likeness (QED) is 0.932. The lowest BCUT2D eigenvalue weighted by atomic mass is 10.2. The Morgan fingerprint density at radius 2 is 2.00 bits per heavy atom. The number of pyridine rings is 1. The molecule has 0 spiro atoms. The van der Waals surface area contributed by atoms with Gasteiger partial charge in [-0.15, -0.1) is 0 Å². The van der Waals surface area contributed by atoms with Crippen LogP contribution in [-0.4, -0.2) is 10.5 Å². The molecule has 0 aliphatic rings. The molecule has 0 aliphatic heterocycles. The lowest BCUT2D eigenvalue weighted by molar-refractivity contribution is -0.121. The van der Waals surface area contributed by atoms with Gasteiger partial charge in [-0.2, -0.15) is 0 Å². The first-order valence-corrected chi connectivity index (χ1v) is 7.03. The molecule has 0 bridgehead atoms. The average Bonchev–Trinajstić information content (AvgIpc) is 2.43. The van der Waals surface area contributed by atoms with Crippen molar-refractivity contribution in [2.24, 2.45) is 0 Å². The summed E-state index contributed by atoms with van der Waals surface area (Å²) >= 11 is 3.20. The number of benzene rings is 1. The number of amides is 1. The van der Waals surface area contributed by atoms with Gasteiger partial charge in [0.25, 0.3) is 5.56 Å². The number of carbonyl (C=O) groups is 1. The number of aromatic nitrogens is 1. The Morgan fingerprint density at radius 3 is 2.70 bits per heavy atom. The van der Waals surface area contributed by atoms with E-state index in [1.807, 2.05) is 37.3 Å². The maximum absolute atomic E-state index is 11.9. The first-order valence-electron chi connectivity index (χ1n) is 6.23. The smallest absolute Gasteiger partial charge is 0.265 e. The third-order valence-electron chi connectivity index (χ3n) is 2.83. The number of rotatable bonds is 4. The Balaban J connectivity index is 2.00. The van der Waals surface area contributed by atoms with Gasteiger partial charge in [0, 0.05) is 12.7 Å². The monoisotopic (exact) mass is 334 g/mol. The lowest BCUT2D eigenvalue weighted by Gasteiger charge is -2.09. The second kappa shape index (κ2) is 6.52. The summed E-state index contributed by atoms with van der Waals surface area (Å²) in [5.74, 6) is -0.187. The van der Waals surface area contributed by atoms with E-state index in [0.29, 0.717) is 11.0 Å². The van der Waals surface area contributed by atoms with E-state index in [-0.39, 0.29) is 18.0 Å². The number of hydrogen-bond acceptors (Lipinski definition) is 2. The predicted molar refractivity (Wildman–Crippen MR) is 81.4 cm³/mol. The van der Waals surface area contributed by atoms with Crippen molar-refractivity contribution in [2.45, 2.75) is 20.0 Å².